The average Bonchev–Trinajstić information content (AvgIpc) is 3.03. The van der Waals surface area contributed by atoms with Crippen LogP contribution in [0.25, 0.3) is 6.08 Å². The molecule has 0 N–H and O–H groups in total. The molecule has 1 saturated heterocycles. The molecule has 1 fully saturated rings. The van der Waals surface area contributed by atoms with Gasteiger partial charge in [0.15, 0.2) is 0 Å². The number of hydrogen-bond donors (Lipinski definition) is 0. The lowest BCUT2D eigenvalue weighted by Gasteiger charge is -2.13. The first-order chi connectivity index (χ1) is 15.8. The van der Waals surface area contributed by atoms with Crippen LogP contribution in [-0.4, -0.2) is 16.0 Å². The highest BCUT2D eigenvalue weighted by Crippen LogP contribution is 2.36. The van der Waals surface area contributed by atoms with Crippen LogP contribution in [0.3, 0.4) is 0 Å². The second-order valence-electron chi connectivity index (χ2n) is 7.07. The van der Waals surface area contributed by atoms with Crippen molar-refractivity contribution in [2.45, 2.75) is 13.2 Å². The minimum atomic E-state index is -0.369. The van der Waals surface area contributed by atoms with E-state index >= 15 is 0 Å². The molecule has 0 aromatic heterocycles. The Bertz CT molecular complexity index is 1280. The summed E-state index contributed by atoms with van der Waals surface area (Å²) in [6, 6.07) is 17.9. The summed E-state index contributed by atoms with van der Waals surface area (Å²) in [5.41, 5.74) is 2.28. The second-order valence-corrected chi connectivity index (χ2v) is 10.2. The van der Waals surface area contributed by atoms with Crippen LogP contribution in [0.5, 0.6) is 5.75 Å². The lowest BCUT2D eigenvalue weighted by molar-refractivity contribution is -0.123. The van der Waals surface area contributed by atoms with Gasteiger partial charge in [0, 0.05) is 20.6 Å². The standard InChI is InChI=1S/C24H15BrCl3NO3S/c25-18-9-14(5-8-21(18)32-13-16-3-1-2-4-19(16)27)10-22-23(30)29(24(31)33-22)12-15-6-7-17(26)11-20(15)28/h1-11H,12-13H2/b22-10-. The Labute approximate surface area is 218 Å². The third-order valence-electron chi connectivity index (χ3n) is 4.81. The Hall–Kier alpha value is -1.96. The van der Waals surface area contributed by atoms with Crippen molar-refractivity contribution in [2.75, 3.05) is 0 Å². The van der Waals surface area contributed by atoms with E-state index < -0.39 is 0 Å². The smallest absolute Gasteiger partial charge is 0.293 e. The Morgan fingerprint density at radius 2 is 1.73 bits per heavy atom. The van der Waals surface area contributed by atoms with Gasteiger partial charge in [0.25, 0.3) is 11.1 Å². The van der Waals surface area contributed by atoms with E-state index in [-0.39, 0.29) is 17.7 Å². The molecule has 0 aliphatic carbocycles. The molecule has 33 heavy (non-hydrogen) atoms. The van der Waals surface area contributed by atoms with Crippen LogP contribution in [0.15, 0.2) is 70.0 Å². The molecular weight excluding hydrogens is 569 g/mol. The molecule has 2 amide bonds. The normalized spacial score (nSPS) is 14.9. The van der Waals surface area contributed by atoms with Crippen molar-refractivity contribution in [3.05, 3.63) is 102 Å². The quantitative estimate of drug-likeness (QED) is 0.274. The number of ether oxygens (including phenoxy) is 1. The summed E-state index contributed by atoms with van der Waals surface area (Å²) in [4.78, 5) is 26.8. The van der Waals surface area contributed by atoms with E-state index in [4.69, 9.17) is 39.5 Å². The molecule has 3 aromatic carbocycles. The van der Waals surface area contributed by atoms with Crippen molar-refractivity contribution in [2.24, 2.45) is 0 Å². The van der Waals surface area contributed by atoms with Crippen LogP contribution in [0, 0.1) is 0 Å². The van der Waals surface area contributed by atoms with Crippen molar-refractivity contribution in [3.8, 4) is 5.75 Å². The van der Waals surface area contributed by atoms with Gasteiger partial charge in [-0.25, -0.2) is 0 Å². The number of halogens is 4. The zero-order chi connectivity index (χ0) is 23.5. The number of benzene rings is 3. The van der Waals surface area contributed by atoms with E-state index in [0.29, 0.717) is 37.9 Å². The molecule has 0 atom stereocenters. The average molecular weight is 584 g/mol. The third-order valence-corrected chi connectivity index (χ3v) is 7.29. The molecule has 4 rings (SSSR count). The maximum Gasteiger partial charge on any atom is 0.293 e. The molecule has 0 saturated carbocycles. The van der Waals surface area contributed by atoms with Gasteiger partial charge in [0.2, 0.25) is 0 Å². The predicted octanol–water partition coefficient (Wildman–Crippen LogP) is 8.22. The summed E-state index contributed by atoms with van der Waals surface area (Å²) in [6.07, 6.45) is 1.68. The summed E-state index contributed by atoms with van der Waals surface area (Å²) < 4.78 is 6.58. The van der Waals surface area contributed by atoms with Gasteiger partial charge in [-0.3, -0.25) is 14.5 Å². The van der Waals surface area contributed by atoms with E-state index in [1.165, 1.54) is 4.90 Å². The van der Waals surface area contributed by atoms with Gasteiger partial charge in [0.05, 0.1) is 15.9 Å². The maximum absolute atomic E-state index is 12.8. The third kappa shape index (κ3) is 5.76. The number of imide groups is 1. The van der Waals surface area contributed by atoms with Crippen molar-refractivity contribution >= 4 is 79.7 Å². The lowest BCUT2D eigenvalue weighted by Crippen LogP contribution is -2.27. The van der Waals surface area contributed by atoms with Gasteiger partial charge in [-0.2, -0.15) is 0 Å². The monoisotopic (exact) mass is 581 g/mol. The Morgan fingerprint density at radius 1 is 0.939 bits per heavy atom. The van der Waals surface area contributed by atoms with Crippen LogP contribution >= 0.6 is 62.5 Å². The van der Waals surface area contributed by atoms with Crippen molar-refractivity contribution in [1.82, 2.24) is 4.90 Å². The molecule has 168 valence electrons. The SMILES string of the molecule is O=C1S/C(=C\c2ccc(OCc3ccccc3Cl)c(Br)c2)C(=O)N1Cc1ccc(Cl)cc1Cl. The second kappa shape index (κ2) is 10.5. The highest BCUT2D eigenvalue weighted by Gasteiger charge is 2.35. The number of thioether (sulfide) groups is 1. The van der Waals surface area contributed by atoms with Crippen LogP contribution in [0.1, 0.15) is 16.7 Å². The van der Waals surface area contributed by atoms with Crippen LogP contribution in [0.4, 0.5) is 4.79 Å². The van der Waals surface area contributed by atoms with Crippen LogP contribution in [-0.2, 0) is 17.9 Å². The van der Waals surface area contributed by atoms with Crippen LogP contribution in [0.2, 0.25) is 15.1 Å². The van der Waals surface area contributed by atoms with E-state index in [1.807, 2.05) is 36.4 Å². The summed E-state index contributed by atoms with van der Waals surface area (Å²) in [5, 5.41) is 1.18. The molecule has 1 aliphatic heterocycles. The number of amides is 2. The fourth-order valence-corrected chi connectivity index (χ4v) is 5.11. The van der Waals surface area contributed by atoms with E-state index in [2.05, 4.69) is 15.9 Å². The Balaban J connectivity index is 1.47. The van der Waals surface area contributed by atoms with Gasteiger partial charge in [-0.1, -0.05) is 65.1 Å². The fraction of sp³-hybridized carbons (Fsp3) is 0.0833. The van der Waals surface area contributed by atoms with Gasteiger partial charge >= 0.3 is 0 Å². The molecule has 4 nitrogen and oxygen atoms in total. The number of hydrogen-bond acceptors (Lipinski definition) is 4. The highest BCUT2D eigenvalue weighted by molar-refractivity contribution is 9.10. The molecule has 0 bridgehead atoms. The zero-order valence-corrected chi connectivity index (χ0v) is 21.5. The van der Waals surface area contributed by atoms with Gasteiger partial charge in [0.1, 0.15) is 12.4 Å². The molecular formula is C24H15BrCl3NO3S. The summed E-state index contributed by atoms with van der Waals surface area (Å²) in [6.45, 7) is 0.403. The maximum atomic E-state index is 12.8. The number of rotatable bonds is 6. The van der Waals surface area contributed by atoms with Crippen molar-refractivity contribution < 1.29 is 14.3 Å². The minimum absolute atomic E-state index is 0.0799. The summed E-state index contributed by atoms with van der Waals surface area (Å²) in [5.74, 6) is 0.267. The van der Waals surface area contributed by atoms with Gasteiger partial charge in [-0.05, 0) is 75.2 Å². The molecule has 3 aromatic rings. The number of carbonyl (C=O) groups excluding carboxylic acids is 2. The van der Waals surface area contributed by atoms with E-state index in [9.17, 15) is 9.59 Å². The number of nitrogens with zero attached hydrogens (tertiary/aromatic N) is 1. The van der Waals surface area contributed by atoms with E-state index in [1.54, 1.807) is 30.3 Å². The van der Waals surface area contributed by atoms with Gasteiger partial charge < -0.3 is 4.74 Å². The Kier molecular flexibility index (Phi) is 7.72. The lowest BCUT2D eigenvalue weighted by atomic mass is 10.2. The first-order valence-corrected chi connectivity index (χ1v) is 12.4. The highest BCUT2D eigenvalue weighted by atomic mass is 79.9. The molecule has 9 heteroatoms. The molecule has 0 unspecified atom stereocenters. The number of carbonyl (C=O) groups is 2. The molecule has 0 spiro atoms. The largest absolute Gasteiger partial charge is 0.488 e. The zero-order valence-electron chi connectivity index (χ0n) is 16.9. The molecule has 1 heterocycles. The topological polar surface area (TPSA) is 46.6 Å². The van der Waals surface area contributed by atoms with E-state index in [0.717, 1.165) is 27.4 Å². The predicted molar refractivity (Wildman–Crippen MR) is 138 cm³/mol. The summed E-state index contributed by atoms with van der Waals surface area (Å²) >= 11 is 22.7. The van der Waals surface area contributed by atoms with Gasteiger partial charge in [-0.15, -0.1) is 0 Å². The van der Waals surface area contributed by atoms with Crippen LogP contribution < -0.4 is 4.74 Å². The molecule has 0 radical (unpaired) electrons. The minimum Gasteiger partial charge on any atom is -0.488 e. The Morgan fingerprint density at radius 3 is 2.45 bits per heavy atom. The molecule has 1 aliphatic rings. The summed E-state index contributed by atoms with van der Waals surface area (Å²) in [7, 11) is 0. The first-order valence-electron chi connectivity index (χ1n) is 9.67. The van der Waals surface area contributed by atoms with Crippen molar-refractivity contribution in [1.29, 1.82) is 0 Å². The fourth-order valence-electron chi connectivity index (χ4n) is 3.10. The van der Waals surface area contributed by atoms with Crippen molar-refractivity contribution in [3.63, 3.8) is 0 Å². The first kappa shape index (κ1) is 24.2.